The number of carbonyl (C=O) groups is 2. The quantitative estimate of drug-likeness (QED) is 0.519. The molecule has 2 atom stereocenters. The highest BCUT2D eigenvalue weighted by Crippen LogP contribution is 2.32. The summed E-state index contributed by atoms with van der Waals surface area (Å²) in [7, 11) is 5.55. The van der Waals surface area contributed by atoms with Gasteiger partial charge in [-0.15, -0.1) is 0 Å². The molecule has 0 saturated carbocycles. The zero-order chi connectivity index (χ0) is 25.3. The van der Waals surface area contributed by atoms with E-state index in [1.54, 1.807) is 24.9 Å². The van der Waals surface area contributed by atoms with Crippen molar-refractivity contribution in [2.45, 2.75) is 32.5 Å². The number of rotatable bonds is 7. The molecular formula is C25H28ClN7O2. The lowest BCUT2D eigenvalue weighted by Gasteiger charge is -2.25. The minimum absolute atomic E-state index is 0.205. The van der Waals surface area contributed by atoms with Crippen molar-refractivity contribution >= 4 is 35.2 Å². The maximum atomic E-state index is 13.3. The van der Waals surface area contributed by atoms with Gasteiger partial charge in [0.05, 0.1) is 28.6 Å². The molecule has 0 spiro atoms. The van der Waals surface area contributed by atoms with Gasteiger partial charge in [0.1, 0.15) is 11.9 Å². The number of carbonyl (C=O) groups excluding carboxylic acids is 2. The lowest BCUT2D eigenvalue weighted by atomic mass is 10.0. The van der Waals surface area contributed by atoms with Gasteiger partial charge >= 0.3 is 0 Å². The first-order valence-corrected chi connectivity index (χ1v) is 11.7. The molecule has 0 radical (unpaired) electrons. The van der Waals surface area contributed by atoms with Gasteiger partial charge in [-0.25, -0.2) is 15.0 Å². The average molecular weight is 494 g/mol. The van der Waals surface area contributed by atoms with Gasteiger partial charge in [-0.1, -0.05) is 29.8 Å². The Kier molecular flexibility index (Phi) is 6.88. The Balaban J connectivity index is 1.50. The van der Waals surface area contributed by atoms with Gasteiger partial charge in [0, 0.05) is 38.8 Å². The van der Waals surface area contributed by atoms with Gasteiger partial charge in [0.15, 0.2) is 0 Å². The SMILES string of the molecule is CNc1ncc(Cl)c(-c2ccc3c(c2)C(=O)N([C@H](C)C(=O)N[C@H](C)c2cccc(N(C)C)n2)C3)n1. The second-order valence-corrected chi connectivity index (χ2v) is 9.07. The molecule has 0 bridgehead atoms. The van der Waals surface area contributed by atoms with Crippen molar-refractivity contribution in [1.29, 1.82) is 0 Å². The lowest BCUT2D eigenvalue weighted by Crippen LogP contribution is -2.46. The fourth-order valence-electron chi connectivity index (χ4n) is 3.95. The van der Waals surface area contributed by atoms with Crippen molar-refractivity contribution in [1.82, 2.24) is 25.2 Å². The number of benzene rings is 1. The summed E-state index contributed by atoms with van der Waals surface area (Å²) in [6.07, 6.45) is 1.52. The first kappa shape index (κ1) is 24.4. The molecule has 1 aliphatic rings. The minimum atomic E-state index is -0.656. The summed E-state index contributed by atoms with van der Waals surface area (Å²) >= 11 is 6.31. The second-order valence-electron chi connectivity index (χ2n) is 8.67. The summed E-state index contributed by atoms with van der Waals surface area (Å²) in [5.74, 6) is 0.795. The summed E-state index contributed by atoms with van der Waals surface area (Å²) < 4.78 is 0. The zero-order valence-electron chi connectivity index (χ0n) is 20.3. The highest BCUT2D eigenvalue weighted by Gasteiger charge is 2.34. The molecular weight excluding hydrogens is 466 g/mol. The van der Waals surface area contributed by atoms with E-state index in [0.29, 0.717) is 34.3 Å². The van der Waals surface area contributed by atoms with Crippen LogP contribution in [0.4, 0.5) is 11.8 Å². The number of anilines is 2. The van der Waals surface area contributed by atoms with Gasteiger partial charge in [-0.05, 0) is 37.6 Å². The van der Waals surface area contributed by atoms with Crippen LogP contribution in [0.3, 0.4) is 0 Å². The van der Waals surface area contributed by atoms with Gasteiger partial charge in [-0.2, -0.15) is 0 Å². The van der Waals surface area contributed by atoms with Crippen LogP contribution in [0.2, 0.25) is 5.02 Å². The predicted octanol–water partition coefficient (Wildman–Crippen LogP) is 3.52. The lowest BCUT2D eigenvalue weighted by molar-refractivity contribution is -0.125. The third kappa shape index (κ3) is 4.90. The van der Waals surface area contributed by atoms with E-state index < -0.39 is 6.04 Å². The normalized spacial score (nSPS) is 14.3. The summed E-state index contributed by atoms with van der Waals surface area (Å²) in [6.45, 7) is 3.96. The minimum Gasteiger partial charge on any atom is -0.363 e. The van der Waals surface area contributed by atoms with Gasteiger partial charge in [0.2, 0.25) is 11.9 Å². The maximum Gasteiger partial charge on any atom is 0.255 e. The molecule has 2 aromatic heterocycles. The van der Waals surface area contributed by atoms with Crippen molar-refractivity contribution in [2.75, 3.05) is 31.4 Å². The molecule has 35 heavy (non-hydrogen) atoms. The Bertz CT molecular complexity index is 1280. The number of pyridine rings is 1. The molecule has 182 valence electrons. The summed E-state index contributed by atoms with van der Waals surface area (Å²) in [5.41, 5.74) is 3.38. The number of nitrogens with zero attached hydrogens (tertiary/aromatic N) is 5. The molecule has 0 aliphatic carbocycles. The molecule has 2 amide bonds. The summed E-state index contributed by atoms with van der Waals surface area (Å²) in [6, 6.07) is 10.3. The van der Waals surface area contributed by atoms with Crippen LogP contribution in [-0.2, 0) is 11.3 Å². The molecule has 9 nitrogen and oxygen atoms in total. The van der Waals surface area contributed by atoms with Crippen LogP contribution in [0.15, 0.2) is 42.6 Å². The topological polar surface area (TPSA) is 103 Å². The number of hydrogen-bond donors (Lipinski definition) is 2. The van der Waals surface area contributed by atoms with Crippen LogP contribution < -0.4 is 15.5 Å². The maximum absolute atomic E-state index is 13.3. The van der Waals surface area contributed by atoms with E-state index in [1.807, 2.05) is 56.3 Å². The van der Waals surface area contributed by atoms with Crippen molar-refractivity contribution in [2.24, 2.45) is 0 Å². The number of fused-ring (bicyclic) bond motifs is 1. The number of nitrogens with one attached hydrogen (secondary N) is 2. The van der Waals surface area contributed by atoms with E-state index >= 15 is 0 Å². The Labute approximate surface area is 209 Å². The summed E-state index contributed by atoms with van der Waals surface area (Å²) in [5, 5.41) is 6.27. The van der Waals surface area contributed by atoms with Gasteiger partial charge in [0.25, 0.3) is 5.91 Å². The van der Waals surface area contributed by atoms with Crippen LogP contribution in [0.5, 0.6) is 0 Å². The first-order chi connectivity index (χ1) is 16.7. The van der Waals surface area contributed by atoms with Crippen molar-refractivity contribution in [3.05, 3.63) is 64.4 Å². The third-order valence-corrected chi connectivity index (χ3v) is 6.32. The van der Waals surface area contributed by atoms with Gasteiger partial charge in [-0.3, -0.25) is 9.59 Å². The van der Waals surface area contributed by atoms with Gasteiger partial charge < -0.3 is 20.4 Å². The molecule has 2 N–H and O–H groups in total. The molecule has 0 unspecified atom stereocenters. The fourth-order valence-corrected chi connectivity index (χ4v) is 4.15. The Hall–Kier alpha value is -3.72. The van der Waals surface area contributed by atoms with Crippen LogP contribution in [0.25, 0.3) is 11.3 Å². The fraction of sp³-hybridized carbons (Fsp3) is 0.320. The Morgan fingerprint density at radius 3 is 2.66 bits per heavy atom. The standard InChI is InChI=1S/C25H28ClN7O2/c1-14(20-7-6-8-21(30-20)32(4)5)29-23(34)15(2)33-13-17-10-9-16(11-18(17)24(33)35)22-19(26)12-28-25(27-3)31-22/h6-12,14-15H,13H2,1-5H3,(H,29,34)(H,27,28,31)/t14-,15-/m1/s1. The number of amides is 2. The zero-order valence-corrected chi connectivity index (χ0v) is 21.1. The molecule has 1 aliphatic heterocycles. The molecule has 4 rings (SSSR count). The second kappa shape index (κ2) is 9.87. The van der Waals surface area contributed by atoms with Crippen molar-refractivity contribution in [3.63, 3.8) is 0 Å². The van der Waals surface area contributed by atoms with Crippen molar-refractivity contribution in [3.8, 4) is 11.3 Å². The Morgan fingerprint density at radius 2 is 1.94 bits per heavy atom. The Morgan fingerprint density at radius 1 is 1.17 bits per heavy atom. The van der Waals surface area contributed by atoms with E-state index in [0.717, 1.165) is 17.1 Å². The van der Waals surface area contributed by atoms with E-state index in [2.05, 4.69) is 25.6 Å². The number of hydrogen-bond acceptors (Lipinski definition) is 7. The molecule has 10 heteroatoms. The van der Waals surface area contributed by atoms with Crippen LogP contribution >= 0.6 is 11.6 Å². The average Bonchev–Trinajstić information content (AvgIpc) is 3.19. The van der Waals surface area contributed by atoms with E-state index in [1.165, 1.54) is 6.20 Å². The van der Waals surface area contributed by atoms with Crippen LogP contribution in [-0.4, -0.2) is 58.9 Å². The van der Waals surface area contributed by atoms with Crippen molar-refractivity contribution < 1.29 is 9.59 Å². The molecule has 3 aromatic rings. The monoisotopic (exact) mass is 493 g/mol. The van der Waals surface area contributed by atoms with Crippen LogP contribution in [0.1, 0.15) is 41.5 Å². The highest BCUT2D eigenvalue weighted by atomic mass is 35.5. The number of aromatic nitrogens is 3. The van der Waals surface area contributed by atoms with Crippen LogP contribution in [0, 0.1) is 0 Å². The van der Waals surface area contributed by atoms with E-state index in [-0.39, 0.29) is 17.9 Å². The number of halogens is 1. The highest BCUT2D eigenvalue weighted by molar-refractivity contribution is 6.33. The molecule has 3 heterocycles. The largest absolute Gasteiger partial charge is 0.363 e. The van der Waals surface area contributed by atoms with E-state index in [9.17, 15) is 9.59 Å². The van der Waals surface area contributed by atoms with E-state index in [4.69, 9.17) is 11.6 Å². The smallest absolute Gasteiger partial charge is 0.255 e. The predicted molar refractivity (Wildman–Crippen MR) is 136 cm³/mol. The third-order valence-electron chi connectivity index (χ3n) is 6.05. The molecule has 0 saturated heterocycles. The molecule has 1 aromatic carbocycles. The summed E-state index contributed by atoms with van der Waals surface area (Å²) in [4.78, 5) is 42.9. The first-order valence-electron chi connectivity index (χ1n) is 11.3. The molecule has 0 fully saturated rings.